The first kappa shape index (κ1) is 19.8. The minimum absolute atomic E-state index is 0.304. The van der Waals surface area contributed by atoms with E-state index in [1.807, 2.05) is 27.7 Å². The van der Waals surface area contributed by atoms with Crippen LogP contribution in [0.4, 0.5) is 0 Å². The van der Waals surface area contributed by atoms with Gasteiger partial charge in [-0.25, -0.2) is 0 Å². The van der Waals surface area contributed by atoms with Crippen molar-refractivity contribution in [3.05, 3.63) is 12.7 Å². The minimum atomic E-state index is -0.758. The number of fused-ring (bicyclic) bond motifs is 1. The van der Waals surface area contributed by atoms with E-state index in [0.29, 0.717) is 19.6 Å². The summed E-state index contributed by atoms with van der Waals surface area (Å²) >= 11 is 0. The fourth-order valence-electron chi connectivity index (χ4n) is 3.94. The lowest BCUT2D eigenvalue weighted by Gasteiger charge is -2.31. The summed E-state index contributed by atoms with van der Waals surface area (Å²) in [5.74, 6) is -2.26. The van der Waals surface area contributed by atoms with Crippen molar-refractivity contribution in [1.29, 1.82) is 0 Å². The molecule has 0 saturated carbocycles. The van der Waals surface area contributed by atoms with Gasteiger partial charge in [0.05, 0.1) is 31.3 Å². The zero-order valence-electron chi connectivity index (χ0n) is 16.2. The quantitative estimate of drug-likeness (QED) is 0.555. The van der Waals surface area contributed by atoms with Gasteiger partial charge in [0.1, 0.15) is 18.3 Å². The van der Waals surface area contributed by atoms with Crippen LogP contribution in [0.5, 0.6) is 0 Å². The van der Waals surface area contributed by atoms with Gasteiger partial charge in [-0.3, -0.25) is 4.79 Å². The van der Waals surface area contributed by atoms with Crippen LogP contribution in [0.15, 0.2) is 12.7 Å². The number of carbonyl (C=O) groups is 1. The highest BCUT2D eigenvalue weighted by Crippen LogP contribution is 2.41. The Morgan fingerprint density at radius 2 is 1.81 bits per heavy atom. The third-order valence-corrected chi connectivity index (χ3v) is 4.96. The molecule has 0 N–H and O–H groups in total. The maximum atomic E-state index is 12.5. The fourth-order valence-corrected chi connectivity index (χ4v) is 3.94. The lowest BCUT2D eigenvalue weighted by molar-refractivity contribution is -0.200. The van der Waals surface area contributed by atoms with Crippen molar-refractivity contribution in [2.75, 3.05) is 13.2 Å². The molecule has 0 bridgehead atoms. The van der Waals surface area contributed by atoms with Crippen LogP contribution >= 0.6 is 0 Å². The Morgan fingerprint density at radius 1 is 1.12 bits per heavy atom. The van der Waals surface area contributed by atoms with Crippen LogP contribution in [-0.2, 0) is 33.2 Å². The highest BCUT2D eigenvalue weighted by Gasteiger charge is 2.55. The molecular formula is C19H30O7. The SMILES string of the molecule is C=C[C@H]1O[C@H]([C@H]2COC(C)(C)O2)[C@@H]2OC(C)(C)O[C@@H]2C[C@H]1C(=O)OCC. The molecule has 0 radical (unpaired) electrons. The molecule has 7 heteroatoms. The number of ether oxygens (including phenoxy) is 6. The number of esters is 1. The van der Waals surface area contributed by atoms with Crippen LogP contribution in [0.1, 0.15) is 41.0 Å². The molecule has 3 aliphatic heterocycles. The van der Waals surface area contributed by atoms with E-state index in [-0.39, 0.29) is 24.3 Å². The largest absolute Gasteiger partial charge is 0.466 e. The molecule has 0 spiro atoms. The average Bonchev–Trinajstić information content (AvgIpc) is 3.01. The molecule has 0 amide bonds. The Labute approximate surface area is 154 Å². The first-order valence-electron chi connectivity index (χ1n) is 9.28. The van der Waals surface area contributed by atoms with Gasteiger partial charge in [0.2, 0.25) is 0 Å². The molecule has 3 rings (SSSR count). The Bertz CT molecular complexity index is 544. The second-order valence-corrected chi connectivity index (χ2v) is 7.90. The van der Waals surface area contributed by atoms with Crippen LogP contribution in [0, 0.1) is 5.92 Å². The molecule has 3 saturated heterocycles. The van der Waals surface area contributed by atoms with Gasteiger partial charge in [0.15, 0.2) is 11.6 Å². The Morgan fingerprint density at radius 3 is 2.38 bits per heavy atom. The van der Waals surface area contributed by atoms with Gasteiger partial charge >= 0.3 is 5.97 Å². The summed E-state index contributed by atoms with van der Waals surface area (Å²) in [5, 5.41) is 0. The smallest absolute Gasteiger partial charge is 0.312 e. The summed E-state index contributed by atoms with van der Waals surface area (Å²) in [6.07, 6.45) is 0.145. The topological polar surface area (TPSA) is 72.5 Å². The third-order valence-electron chi connectivity index (χ3n) is 4.96. The van der Waals surface area contributed by atoms with E-state index in [2.05, 4.69) is 6.58 Å². The molecule has 3 aliphatic rings. The molecule has 0 aromatic rings. The summed E-state index contributed by atoms with van der Waals surface area (Å²) in [6, 6.07) is 0. The lowest BCUT2D eigenvalue weighted by Crippen LogP contribution is -2.46. The predicted molar refractivity (Wildman–Crippen MR) is 92.3 cm³/mol. The predicted octanol–water partition coefficient (Wildman–Crippen LogP) is 2.18. The summed E-state index contributed by atoms with van der Waals surface area (Å²) < 4.78 is 35.5. The standard InChI is InChI=1S/C19H30O7/c1-7-12-11(17(20)21-8-2)9-13-16(26-19(5,6)24-13)15(23-12)14-10-22-18(3,4)25-14/h7,11-16H,1,8-10H2,2-6H3/t11-,12-,13-,14-,15-,16-/m1/s1. The van der Waals surface area contributed by atoms with Gasteiger partial charge in [0.25, 0.3) is 0 Å². The highest BCUT2D eigenvalue weighted by molar-refractivity contribution is 5.73. The Balaban J connectivity index is 1.88. The molecule has 0 aliphatic carbocycles. The Kier molecular flexibility index (Phi) is 5.48. The van der Waals surface area contributed by atoms with E-state index < -0.39 is 29.7 Å². The monoisotopic (exact) mass is 370 g/mol. The van der Waals surface area contributed by atoms with E-state index in [9.17, 15) is 4.79 Å². The van der Waals surface area contributed by atoms with Gasteiger partial charge in [-0.2, -0.15) is 0 Å². The second-order valence-electron chi connectivity index (χ2n) is 7.90. The van der Waals surface area contributed by atoms with E-state index in [1.54, 1.807) is 13.0 Å². The summed E-state index contributed by atoms with van der Waals surface area (Å²) in [5.41, 5.74) is 0. The second kappa shape index (κ2) is 7.20. The number of rotatable bonds is 4. The molecule has 6 atom stereocenters. The van der Waals surface area contributed by atoms with Crippen LogP contribution in [0.25, 0.3) is 0 Å². The maximum absolute atomic E-state index is 12.5. The van der Waals surface area contributed by atoms with Gasteiger partial charge in [-0.1, -0.05) is 6.08 Å². The average molecular weight is 370 g/mol. The Hall–Kier alpha value is -0.990. The molecule has 7 nitrogen and oxygen atoms in total. The van der Waals surface area contributed by atoms with Crippen LogP contribution in [-0.4, -0.2) is 61.3 Å². The molecule has 3 heterocycles. The van der Waals surface area contributed by atoms with Crippen molar-refractivity contribution in [3.8, 4) is 0 Å². The number of carbonyl (C=O) groups excluding carboxylic acids is 1. The van der Waals surface area contributed by atoms with Crippen molar-refractivity contribution in [1.82, 2.24) is 0 Å². The maximum Gasteiger partial charge on any atom is 0.312 e. The molecule has 3 fully saturated rings. The third kappa shape index (κ3) is 3.97. The van der Waals surface area contributed by atoms with Crippen LogP contribution < -0.4 is 0 Å². The molecule has 0 aromatic heterocycles. The minimum Gasteiger partial charge on any atom is -0.466 e. The number of hydrogen-bond acceptors (Lipinski definition) is 7. The van der Waals surface area contributed by atoms with Crippen molar-refractivity contribution in [2.24, 2.45) is 5.92 Å². The zero-order valence-corrected chi connectivity index (χ0v) is 16.2. The zero-order chi connectivity index (χ0) is 19.1. The molecule has 148 valence electrons. The van der Waals surface area contributed by atoms with Crippen molar-refractivity contribution < 1.29 is 33.2 Å². The summed E-state index contributed by atoms with van der Waals surface area (Å²) in [7, 11) is 0. The summed E-state index contributed by atoms with van der Waals surface area (Å²) in [4.78, 5) is 12.5. The molecule has 0 unspecified atom stereocenters. The van der Waals surface area contributed by atoms with Crippen molar-refractivity contribution in [2.45, 2.75) is 83.1 Å². The normalized spacial score (nSPS) is 41.3. The van der Waals surface area contributed by atoms with Crippen molar-refractivity contribution >= 4 is 5.97 Å². The van der Waals surface area contributed by atoms with E-state index >= 15 is 0 Å². The number of hydrogen-bond donors (Lipinski definition) is 0. The van der Waals surface area contributed by atoms with Gasteiger partial charge < -0.3 is 28.4 Å². The van der Waals surface area contributed by atoms with Gasteiger partial charge in [-0.05, 0) is 41.0 Å². The van der Waals surface area contributed by atoms with Gasteiger partial charge in [0, 0.05) is 0 Å². The lowest BCUT2D eigenvalue weighted by atomic mass is 9.93. The van der Waals surface area contributed by atoms with E-state index in [1.165, 1.54) is 0 Å². The highest BCUT2D eigenvalue weighted by atomic mass is 16.8. The van der Waals surface area contributed by atoms with Crippen molar-refractivity contribution in [3.63, 3.8) is 0 Å². The first-order chi connectivity index (χ1) is 12.2. The summed E-state index contributed by atoms with van der Waals surface area (Å²) in [6.45, 7) is 13.8. The van der Waals surface area contributed by atoms with E-state index in [0.717, 1.165) is 0 Å². The molecular weight excluding hydrogens is 340 g/mol. The van der Waals surface area contributed by atoms with Gasteiger partial charge in [-0.15, -0.1) is 6.58 Å². The van der Waals surface area contributed by atoms with Crippen LogP contribution in [0.3, 0.4) is 0 Å². The first-order valence-corrected chi connectivity index (χ1v) is 9.28. The van der Waals surface area contributed by atoms with Crippen LogP contribution in [0.2, 0.25) is 0 Å². The van der Waals surface area contributed by atoms with E-state index in [4.69, 9.17) is 28.4 Å². The molecule has 26 heavy (non-hydrogen) atoms. The fraction of sp³-hybridized carbons (Fsp3) is 0.842. The molecule has 0 aromatic carbocycles.